The maximum absolute atomic E-state index is 13.3. The van der Waals surface area contributed by atoms with Crippen LogP contribution in [0, 0.1) is 6.92 Å². The molecule has 2 aliphatic rings. The normalized spacial score (nSPS) is 20.2. The van der Waals surface area contributed by atoms with E-state index in [9.17, 15) is 9.59 Å². The maximum atomic E-state index is 13.3. The van der Waals surface area contributed by atoms with Crippen LogP contribution in [0.5, 0.6) is 0 Å². The fourth-order valence-electron chi connectivity index (χ4n) is 3.93. The molecule has 4 rings (SSSR count). The second kappa shape index (κ2) is 11.8. The zero-order chi connectivity index (χ0) is 23.9. The van der Waals surface area contributed by atoms with Crippen LogP contribution >= 0.6 is 23.4 Å². The minimum Gasteiger partial charge on any atom is -0.379 e. The summed E-state index contributed by atoms with van der Waals surface area (Å²) in [6.45, 7) is 6.66. The van der Waals surface area contributed by atoms with Crippen LogP contribution in [0.2, 0.25) is 5.02 Å². The number of ether oxygens (including phenoxy) is 1. The molecular formula is C25H29ClN4O3S. The zero-order valence-corrected chi connectivity index (χ0v) is 20.8. The van der Waals surface area contributed by atoms with E-state index >= 15 is 0 Å². The van der Waals surface area contributed by atoms with Crippen molar-refractivity contribution < 1.29 is 14.3 Å². The largest absolute Gasteiger partial charge is 0.379 e. The lowest BCUT2D eigenvalue weighted by Crippen LogP contribution is -2.39. The number of carbonyl (C=O) groups excluding carboxylic acids is 2. The molecule has 2 fully saturated rings. The summed E-state index contributed by atoms with van der Waals surface area (Å²) >= 11 is 7.53. The number of nitrogens with one attached hydrogen (secondary N) is 1. The highest BCUT2D eigenvalue weighted by atomic mass is 35.5. The Hall–Kier alpha value is -2.39. The first-order valence-electron chi connectivity index (χ1n) is 11.5. The monoisotopic (exact) mass is 500 g/mol. The lowest BCUT2D eigenvalue weighted by molar-refractivity contribution is -0.128. The summed E-state index contributed by atoms with van der Waals surface area (Å²) in [5, 5.41) is 3.63. The van der Waals surface area contributed by atoms with Crippen molar-refractivity contribution in [3.8, 4) is 0 Å². The van der Waals surface area contributed by atoms with Gasteiger partial charge in [-0.3, -0.25) is 19.4 Å². The molecule has 9 heteroatoms. The third-order valence-electron chi connectivity index (χ3n) is 5.87. The van der Waals surface area contributed by atoms with Gasteiger partial charge in [0.2, 0.25) is 11.8 Å². The van der Waals surface area contributed by atoms with Crippen molar-refractivity contribution in [1.82, 2.24) is 9.80 Å². The molecule has 2 aromatic rings. The molecule has 2 amide bonds. The van der Waals surface area contributed by atoms with Gasteiger partial charge in [0.1, 0.15) is 5.25 Å². The van der Waals surface area contributed by atoms with Crippen LogP contribution in [-0.4, -0.2) is 71.4 Å². The fraction of sp³-hybridized carbons (Fsp3) is 0.400. The van der Waals surface area contributed by atoms with Crippen molar-refractivity contribution >= 4 is 51.7 Å². The molecule has 1 N–H and O–H groups in total. The summed E-state index contributed by atoms with van der Waals surface area (Å²) in [6, 6.07) is 15.0. The number of anilines is 1. The van der Waals surface area contributed by atoms with E-state index in [0.29, 0.717) is 22.4 Å². The van der Waals surface area contributed by atoms with Gasteiger partial charge in [0.25, 0.3) is 0 Å². The summed E-state index contributed by atoms with van der Waals surface area (Å²) in [5.74, 6) is -0.287. The van der Waals surface area contributed by atoms with E-state index in [-0.39, 0.29) is 18.2 Å². The molecule has 7 nitrogen and oxygen atoms in total. The fourth-order valence-corrected chi connectivity index (χ4v) is 5.29. The van der Waals surface area contributed by atoms with Gasteiger partial charge in [0.05, 0.1) is 18.9 Å². The SMILES string of the molecule is Cc1c(Cl)cccc1NC(=O)C[C@@H]1SC(=Nc2ccccc2)N(CCCN2CCOCC2)C1=O. The average molecular weight is 501 g/mol. The Balaban J connectivity index is 1.43. The van der Waals surface area contributed by atoms with Crippen LogP contribution in [0.15, 0.2) is 53.5 Å². The summed E-state index contributed by atoms with van der Waals surface area (Å²) in [4.78, 5) is 34.9. The van der Waals surface area contributed by atoms with Crippen LogP contribution in [0.25, 0.3) is 0 Å². The van der Waals surface area contributed by atoms with Crippen LogP contribution in [0.4, 0.5) is 11.4 Å². The first kappa shape index (κ1) is 24.7. The van der Waals surface area contributed by atoms with E-state index in [1.165, 1.54) is 11.8 Å². The van der Waals surface area contributed by atoms with Gasteiger partial charge in [-0.2, -0.15) is 0 Å². The molecule has 0 aromatic heterocycles. The van der Waals surface area contributed by atoms with Crippen molar-refractivity contribution in [3.63, 3.8) is 0 Å². The van der Waals surface area contributed by atoms with Gasteiger partial charge in [-0.05, 0) is 43.2 Å². The number of para-hydroxylation sites is 1. The number of morpholine rings is 1. The van der Waals surface area contributed by atoms with E-state index in [0.717, 1.165) is 50.5 Å². The van der Waals surface area contributed by atoms with Crippen LogP contribution < -0.4 is 5.32 Å². The average Bonchev–Trinajstić information content (AvgIpc) is 3.12. The molecule has 2 saturated heterocycles. The molecule has 0 unspecified atom stereocenters. The lowest BCUT2D eigenvalue weighted by atomic mass is 10.2. The third-order valence-corrected chi connectivity index (χ3v) is 7.46. The summed E-state index contributed by atoms with van der Waals surface area (Å²) in [7, 11) is 0. The number of hydrogen-bond acceptors (Lipinski definition) is 6. The predicted octanol–water partition coefficient (Wildman–Crippen LogP) is 4.33. The number of benzene rings is 2. The van der Waals surface area contributed by atoms with E-state index in [1.54, 1.807) is 17.0 Å². The van der Waals surface area contributed by atoms with Crippen LogP contribution in [0.1, 0.15) is 18.4 Å². The molecule has 0 bridgehead atoms. The number of thioether (sulfide) groups is 1. The predicted molar refractivity (Wildman–Crippen MR) is 138 cm³/mol. The third kappa shape index (κ3) is 6.39. The van der Waals surface area contributed by atoms with Gasteiger partial charge in [-0.25, -0.2) is 4.99 Å². The Kier molecular flexibility index (Phi) is 8.61. The number of hydrogen-bond donors (Lipinski definition) is 1. The van der Waals surface area contributed by atoms with Gasteiger partial charge in [0.15, 0.2) is 5.17 Å². The van der Waals surface area contributed by atoms with E-state index in [1.807, 2.05) is 43.3 Å². The first-order valence-corrected chi connectivity index (χ1v) is 12.7. The van der Waals surface area contributed by atoms with Crippen molar-refractivity contribution in [1.29, 1.82) is 0 Å². The molecule has 34 heavy (non-hydrogen) atoms. The minimum absolute atomic E-state index is 0.0698. The molecule has 180 valence electrons. The minimum atomic E-state index is -0.509. The second-order valence-electron chi connectivity index (χ2n) is 8.30. The maximum Gasteiger partial charge on any atom is 0.242 e. The van der Waals surface area contributed by atoms with Gasteiger partial charge >= 0.3 is 0 Å². The molecule has 2 aliphatic heterocycles. The highest BCUT2D eigenvalue weighted by Crippen LogP contribution is 2.32. The Morgan fingerprint density at radius 2 is 1.91 bits per heavy atom. The summed E-state index contributed by atoms with van der Waals surface area (Å²) < 4.78 is 5.41. The summed E-state index contributed by atoms with van der Waals surface area (Å²) in [6.07, 6.45) is 0.907. The van der Waals surface area contributed by atoms with E-state index in [2.05, 4.69) is 10.2 Å². The number of nitrogens with zero attached hydrogens (tertiary/aromatic N) is 3. The molecule has 2 aromatic carbocycles. The Morgan fingerprint density at radius 1 is 1.15 bits per heavy atom. The van der Waals surface area contributed by atoms with Gasteiger partial charge in [-0.1, -0.05) is 47.6 Å². The van der Waals surface area contributed by atoms with Crippen molar-refractivity contribution in [2.24, 2.45) is 4.99 Å². The lowest BCUT2D eigenvalue weighted by Gasteiger charge is -2.27. The quantitative estimate of drug-likeness (QED) is 0.584. The topological polar surface area (TPSA) is 74.2 Å². The highest BCUT2D eigenvalue weighted by Gasteiger charge is 2.39. The molecule has 0 aliphatic carbocycles. The Morgan fingerprint density at radius 3 is 2.68 bits per heavy atom. The van der Waals surface area contributed by atoms with Crippen molar-refractivity contribution in [2.45, 2.75) is 25.0 Å². The van der Waals surface area contributed by atoms with E-state index < -0.39 is 5.25 Å². The molecule has 0 radical (unpaired) electrons. The number of rotatable bonds is 8. The highest BCUT2D eigenvalue weighted by molar-refractivity contribution is 8.15. The zero-order valence-electron chi connectivity index (χ0n) is 19.2. The van der Waals surface area contributed by atoms with Gasteiger partial charge in [0, 0.05) is 43.3 Å². The van der Waals surface area contributed by atoms with Crippen LogP contribution in [0.3, 0.4) is 0 Å². The first-order chi connectivity index (χ1) is 16.5. The van der Waals surface area contributed by atoms with Gasteiger partial charge < -0.3 is 10.1 Å². The molecule has 2 heterocycles. The van der Waals surface area contributed by atoms with Crippen molar-refractivity contribution in [2.75, 3.05) is 44.7 Å². The molecule has 1 atom stereocenters. The molecular weight excluding hydrogens is 472 g/mol. The second-order valence-corrected chi connectivity index (χ2v) is 9.88. The standard InChI is InChI=1S/C25H29ClN4O3S/c1-18-20(26)9-5-10-21(18)28-23(31)17-22-24(32)30(12-6-11-29-13-15-33-16-14-29)25(34-22)27-19-7-3-2-4-8-19/h2-5,7-10,22H,6,11-17H2,1H3,(H,28,31)/t22-/m0/s1. The Labute approximate surface area is 209 Å². The Bertz CT molecular complexity index is 1040. The smallest absolute Gasteiger partial charge is 0.242 e. The summed E-state index contributed by atoms with van der Waals surface area (Å²) in [5.41, 5.74) is 2.25. The number of aliphatic imine (C=N–C) groups is 1. The van der Waals surface area contributed by atoms with Crippen LogP contribution in [-0.2, 0) is 14.3 Å². The number of amides is 2. The number of halogens is 1. The van der Waals surface area contributed by atoms with E-state index in [4.69, 9.17) is 21.3 Å². The van der Waals surface area contributed by atoms with Crippen molar-refractivity contribution in [3.05, 3.63) is 59.1 Å². The molecule has 0 spiro atoms. The molecule has 0 saturated carbocycles. The number of carbonyl (C=O) groups is 2. The number of amidine groups is 1. The van der Waals surface area contributed by atoms with Gasteiger partial charge in [-0.15, -0.1) is 0 Å².